The maximum Gasteiger partial charge on any atom is 0.250 e. The molecule has 2 amide bonds. The van der Waals surface area contributed by atoms with Crippen LogP contribution in [0.25, 0.3) is 0 Å². The Hall–Kier alpha value is -5.74. The molecule has 0 unspecified atom stereocenters. The molecule has 2 fully saturated rings. The van der Waals surface area contributed by atoms with E-state index < -0.39 is 18.2 Å². The van der Waals surface area contributed by atoms with Crippen LogP contribution in [0, 0.1) is 12.3 Å². The van der Waals surface area contributed by atoms with E-state index in [9.17, 15) is 24.9 Å². The highest BCUT2D eigenvalue weighted by atomic mass is 35.5. The summed E-state index contributed by atoms with van der Waals surface area (Å²) in [6.45, 7) is 8.18. The topological polar surface area (TPSA) is 275 Å². The van der Waals surface area contributed by atoms with Gasteiger partial charge in [0.1, 0.15) is 18.4 Å². The van der Waals surface area contributed by atoms with Gasteiger partial charge >= 0.3 is 0 Å². The molecule has 2 aliphatic heterocycles. The van der Waals surface area contributed by atoms with Crippen molar-refractivity contribution in [3.8, 4) is 18.1 Å². The number of amides is 2. The van der Waals surface area contributed by atoms with Gasteiger partial charge in [-0.05, 0) is 43.9 Å². The highest BCUT2D eigenvalue weighted by Gasteiger charge is 2.35. The van der Waals surface area contributed by atoms with Crippen LogP contribution in [-0.2, 0) is 43.1 Å². The van der Waals surface area contributed by atoms with Gasteiger partial charge in [0.2, 0.25) is 29.7 Å². The second-order valence-electron chi connectivity index (χ2n) is 16.0. The molecule has 23 nitrogen and oxygen atoms in total. The van der Waals surface area contributed by atoms with Crippen LogP contribution >= 0.6 is 0 Å². The van der Waals surface area contributed by atoms with Crippen molar-refractivity contribution >= 4 is 29.7 Å². The number of aliphatic hydroxyl groups excluding tert-OH is 2. The van der Waals surface area contributed by atoms with E-state index in [1.165, 1.54) is 4.68 Å². The number of quaternary nitrogens is 1. The number of aliphatic hydroxyl groups is 2. The van der Waals surface area contributed by atoms with E-state index in [0.29, 0.717) is 128 Å². The molecule has 0 bridgehead atoms. The number of aromatic nitrogens is 9. The van der Waals surface area contributed by atoms with Gasteiger partial charge in [-0.25, -0.2) is 9.36 Å². The molecule has 0 saturated carbocycles. The number of carbonyl (C=O) groups excluding carboxylic acids is 2. The average Bonchev–Trinajstić information content (AvgIpc) is 4.00. The Labute approximate surface area is 396 Å². The number of unbranched alkanes of at least 4 members (excludes halogenated alkanes) is 1. The van der Waals surface area contributed by atoms with Crippen molar-refractivity contribution in [2.75, 3.05) is 127 Å². The molecule has 3 aromatic heterocycles. The van der Waals surface area contributed by atoms with Crippen molar-refractivity contribution in [3.63, 3.8) is 0 Å². The summed E-state index contributed by atoms with van der Waals surface area (Å²) in [7, 11) is 0. The van der Waals surface area contributed by atoms with Crippen LogP contribution in [0.4, 0.5) is 17.8 Å². The Morgan fingerprint density at radius 3 is 1.96 bits per heavy atom. The van der Waals surface area contributed by atoms with E-state index >= 15 is 0 Å². The number of phenols is 1. The maximum absolute atomic E-state index is 14.2. The number of nitrogens with zero attached hydrogens (tertiary/aromatic N) is 13. The standard InChI is InChI=1S/C43H63N15O8.ClH/c1-3-23-64-25-27-66-28-26-65-24-13-45-41-46-42(48-43(47-41)56-20-16-54(17-21-56)40(63)38(32(2)60)58-31-34(49-52-58)6-4-5-12-44)55-18-14-53(15-19-55)39(62)37(29-33-7-9-36(61)10-8-33)57-30-35(11-22-59)50-51-57;/h1,7-10,30-32,37-38,59-61H,4-6,11-29,44H2,2H3,(H,45,46,47,48);1H/t32-,37+,38+;/m1./s1. The van der Waals surface area contributed by atoms with Crippen LogP contribution in [0.5, 0.6) is 5.75 Å². The summed E-state index contributed by atoms with van der Waals surface area (Å²) in [5.41, 5.74) is 6.08. The molecule has 366 valence electrons. The zero-order valence-electron chi connectivity index (χ0n) is 38.1. The molecule has 6 rings (SSSR count). The van der Waals surface area contributed by atoms with Crippen LogP contribution in [0.15, 0.2) is 36.7 Å². The van der Waals surface area contributed by atoms with E-state index in [1.54, 1.807) is 58.1 Å². The van der Waals surface area contributed by atoms with Gasteiger partial charge in [0, 0.05) is 90.7 Å². The molecule has 0 spiro atoms. The SMILES string of the molecule is C#CCOCCOCCOCCNc1nc(N2CCN(C(=O)[C@H]([C@@H](C)O)n3cc(CCCC[NH3+])nn3)CC2)nc(N2CCN(C(=O)[C@H](Cc3ccc(O)cc3)n3cc(CCO)nn3)CC2)n1.[Cl-]. The number of anilines is 3. The van der Waals surface area contributed by atoms with Gasteiger partial charge in [0.05, 0.1) is 57.1 Å². The molecule has 1 aromatic carbocycles. The number of phenolic OH excluding ortho intramolecular Hbond substituents is 1. The lowest BCUT2D eigenvalue weighted by Crippen LogP contribution is -3.00. The Kier molecular flexibility index (Phi) is 21.2. The lowest BCUT2D eigenvalue weighted by Gasteiger charge is -2.38. The summed E-state index contributed by atoms with van der Waals surface area (Å²) >= 11 is 0. The largest absolute Gasteiger partial charge is 1.00 e. The minimum Gasteiger partial charge on any atom is -1.00 e. The molecule has 4 aromatic rings. The zero-order valence-corrected chi connectivity index (χ0v) is 38.9. The first-order valence-corrected chi connectivity index (χ1v) is 22.6. The second kappa shape index (κ2) is 27.2. The number of ether oxygens (including phenoxy) is 3. The summed E-state index contributed by atoms with van der Waals surface area (Å²) in [4.78, 5) is 50.2. The van der Waals surface area contributed by atoms with Crippen LogP contribution in [0.3, 0.4) is 0 Å². The minimum absolute atomic E-state index is 0. The quantitative estimate of drug-likeness (QED) is 0.0293. The predicted molar refractivity (Wildman–Crippen MR) is 240 cm³/mol. The number of terminal acetylenes is 1. The van der Waals surface area contributed by atoms with Crippen molar-refractivity contribution in [3.05, 3.63) is 53.6 Å². The summed E-state index contributed by atoms with van der Waals surface area (Å²) in [6, 6.07) is 5.10. The summed E-state index contributed by atoms with van der Waals surface area (Å²) in [6.07, 6.45) is 10.9. The number of piperazine rings is 2. The Bertz CT molecular complexity index is 2140. The summed E-state index contributed by atoms with van der Waals surface area (Å²) in [5, 5.41) is 50.2. The van der Waals surface area contributed by atoms with Crippen LogP contribution in [0.1, 0.15) is 48.8 Å². The van der Waals surface area contributed by atoms with Crippen LogP contribution in [0.2, 0.25) is 0 Å². The fourth-order valence-corrected chi connectivity index (χ4v) is 7.60. The lowest BCUT2D eigenvalue weighted by atomic mass is 10.0. The average molecular weight is 955 g/mol. The van der Waals surface area contributed by atoms with Gasteiger partial charge in [0.15, 0.2) is 6.04 Å². The molecule has 3 atom stereocenters. The predicted octanol–water partition coefficient (Wildman–Crippen LogP) is -4.64. The minimum atomic E-state index is -0.992. The normalized spacial score (nSPS) is 15.4. The van der Waals surface area contributed by atoms with E-state index in [-0.39, 0.29) is 43.2 Å². The third-order valence-electron chi connectivity index (χ3n) is 11.2. The first kappa shape index (κ1) is 52.2. The number of hydrogen-bond acceptors (Lipinski definition) is 18. The van der Waals surface area contributed by atoms with Crippen molar-refractivity contribution in [1.29, 1.82) is 0 Å². The molecule has 2 aliphatic rings. The Morgan fingerprint density at radius 2 is 1.36 bits per heavy atom. The molecule has 2 saturated heterocycles. The number of aromatic hydroxyl groups is 1. The molecular formula is C43H64ClN15O8. The Balaban J connectivity index is 0.00000840. The highest BCUT2D eigenvalue weighted by molar-refractivity contribution is 5.81. The molecule has 5 heterocycles. The summed E-state index contributed by atoms with van der Waals surface area (Å²) < 4.78 is 19.5. The first-order chi connectivity index (χ1) is 32.2. The van der Waals surface area contributed by atoms with Crippen molar-refractivity contribution < 1.29 is 57.3 Å². The van der Waals surface area contributed by atoms with Crippen molar-refractivity contribution in [2.24, 2.45) is 0 Å². The smallest absolute Gasteiger partial charge is 0.250 e. The number of hydrogen-bond donors (Lipinski definition) is 5. The maximum atomic E-state index is 14.2. The lowest BCUT2D eigenvalue weighted by molar-refractivity contribution is -0.368. The first-order valence-electron chi connectivity index (χ1n) is 22.6. The second-order valence-corrected chi connectivity index (χ2v) is 16.0. The third-order valence-corrected chi connectivity index (χ3v) is 11.2. The number of halogens is 1. The van der Waals surface area contributed by atoms with Crippen molar-refractivity contribution in [2.45, 2.75) is 57.2 Å². The summed E-state index contributed by atoms with van der Waals surface area (Å²) in [5.74, 6) is 3.39. The van der Waals surface area contributed by atoms with Gasteiger partial charge in [-0.15, -0.1) is 16.6 Å². The molecule has 0 aliphatic carbocycles. The third kappa shape index (κ3) is 15.4. The van der Waals surface area contributed by atoms with Crippen LogP contribution < -0.4 is 33.3 Å². The van der Waals surface area contributed by atoms with Crippen molar-refractivity contribution in [1.82, 2.24) is 54.7 Å². The van der Waals surface area contributed by atoms with E-state index in [0.717, 1.165) is 37.1 Å². The molecule has 24 heteroatoms. The van der Waals surface area contributed by atoms with Gasteiger partial charge in [0.25, 0.3) is 0 Å². The number of aryl methyl sites for hydroxylation is 1. The van der Waals surface area contributed by atoms with E-state index in [4.69, 9.17) is 35.6 Å². The fraction of sp³-hybridized carbons (Fsp3) is 0.605. The van der Waals surface area contributed by atoms with E-state index in [2.05, 4.69) is 37.6 Å². The molecule has 0 radical (unpaired) electrons. The van der Waals surface area contributed by atoms with Gasteiger partial charge in [-0.3, -0.25) is 9.59 Å². The Morgan fingerprint density at radius 1 is 0.791 bits per heavy atom. The fourth-order valence-electron chi connectivity index (χ4n) is 7.60. The molecule has 7 N–H and O–H groups in total. The van der Waals surface area contributed by atoms with Gasteiger partial charge in [-0.2, -0.15) is 15.0 Å². The monoisotopic (exact) mass is 953 g/mol. The van der Waals surface area contributed by atoms with Gasteiger partial charge < -0.3 is 72.6 Å². The molecular weight excluding hydrogens is 890 g/mol. The van der Waals surface area contributed by atoms with Gasteiger partial charge in [-0.1, -0.05) is 28.5 Å². The number of carbonyl (C=O) groups is 2. The molecule has 67 heavy (non-hydrogen) atoms. The van der Waals surface area contributed by atoms with E-state index in [1.807, 2.05) is 9.80 Å². The number of rotatable bonds is 26. The number of benzene rings is 1. The number of nitrogens with one attached hydrogen (secondary N) is 1. The zero-order chi connectivity index (χ0) is 46.7. The van der Waals surface area contributed by atoms with Crippen LogP contribution in [-0.4, -0.2) is 200 Å². The highest BCUT2D eigenvalue weighted by Crippen LogP contribution is 2.24.